The predicted octanol–water partition coefficient (Wildman–Crippen LogP) is 2.85. The molecule has 2 aromatic rings. The first-order valence-electron chi connectivity index (χ1n) is 10.1. The average Bonchev–Trinajstić information content (AvgIpc) is 3.17. The molecule has 1 spiro atoms. The molecule has 0 bridgehead atoms. The molecule has 2 fully saturated rings. The molecule has 1 amide bonds. The van der Waals surface area contributed by atoms with Gasteiger partial charge in [-0.3, -0.25) is 9.59 Å². The largest absolute Gasteiger partial charge is 0.497 e. The number of fused-ring (bicyclic) bond motifs is 1. The summed E-state index contributed by atoms with van der Waals surface area (Å²) in [5, 5.41) is 0.911. The van der Waals surface area contributed by atoms with Crippen LogP contribution in [0.3, 0.4) is 0 Å². The Labute approximate surface area is 170 Å². The number of nitrogens with zero attached hydrogens (tertiary/aromatic N) is 2. The van der Waals surface area contributed by atoms with Crippen molar-refractivity contribution in [1.29, 1.82) is 0 Å². The fourth-order valence-electron chi connectivity index (χ4n) is 4.57. The van der Waals surface area contributed by atoms with Gasteiger partial charge in [0, 0.05) is 43.1 Å². The van der Waals surface area contributed by atoms with Crippen LogP contribution in [0.2, 0.25) is 0 Å². The van der Waals surface area contributed by atoms with Crippen LogP contribution in [0.4, 0.5) is 0 Å². The lowest BCUT2D eigenvalue weighted by atomic mass is 9.76. The van der Waals surface area contributed by atoms with Crippen LogP contribution in [0.25, 0.3) is 11.0 Å². The summed E-state index contributed by atoms with van der Waals surface area (Å²) in [5.41, 5.74) is 1.03. The molecular weight excluding hydrogens is 372 g/mol. The maximum Gasteiger partial charge on any atom is 0.312 e. The van der Waals surface area contributed by atoms with E-state index in [0.29, 0.717) is 43.0 Å². The number of piperidine rings is 1. The normalized spacial score (nSPS) is 21.2. The van der Waals surface area contributed by atoms with Crippen molar-refractivity contribution in [3.8, 4) is 5.75 Å². The second kappa shape index (κ2) is 7.37. The van der Waals surface area contributed by atoms with Gasteiger partial charge in [-0.1, -0.05) is 0 Å². The Hall–Kier alpha value is -2.54. The van der Waals surface area contributed by atoms with Crippen LogP contribution in [0.5, 0.6) is 5.75 Å². The van der Waals surface area contributed by atoms with Crippen LogP contribution in [0.1, 0.15) is 35.4 Å². The van der Waals surface area contributed by atoms with Crippen molar-refractivity contribution < 1.29 is 23.5 Å². The van der Waals surface area contributed by atoms with E-state index in [4.69, 9.17) is 13.9 Å². The fourth-order valence-corrected chi connectivity index (χ4v) is 4.57. The maximum atomic E-state index is 13.1. The molecule has 1 atom stereocenters. The molecule has 1 aromatic carbocycles. The minimum Gasteiger partial charge on any atom is -0.497 e. The van der Waals surface area contributed by atoms with Gasteiger partial charge in [0.05, 0.1) is 12.5 Å². The molecule has 7 nitrogen and oxygen atoms in total. The quantitative estimate of drug-likeness (QED) is 0.735. The number of likely N-dealkylation sites (tertiary alicyclic amines) is 1. The minimum absolute atomic E-state index is 0.0626. The summed E-state index contributed by atoms with van der Waals surface area (Å²) in [4.78, 5) is 29.5. The van der Waals surface area contributed by atoms with Crippen LogP contribution in [0.15, 0.2) is 22.6 Å². The van der Waals surface area contributed by atoms with E-state index in [9.17, 15) is 9.59 Å². The molecule has 3 heterocycles. The molecule has 29 heavy (non-hydrogen) atoms. The molecule has 1 unspecified atom stereocenters. The highest BCUT2D eigenvalue weighted by Gasteiger charge is 2.51. The number of ether oxygens (including phenoxy) is 2. The third kappa shape index (κ3) is 3.48. The molecular formula is C22H28N2O5. The Morgan fingerprint density at radius 2 is 2.03 bits per heavy atom. The Balaban J connectivity index is 1.48. The summed E-state index contributed by atoms with van der Waals surface area (Å²) in [6.07, 6.45) is 1.94. The summed E-state index contributed by atoms with van der Waals surface area (Å²) >= 11 is 0. The number of carbonyl (C=O) groups is 2. The van der Waals surface area contributed by atoms with Crippen LogP contribution < -0.4 is 4.74 Å². The molecule has 2 aliphatic heterocycles. The molecule has 156 valence electrons. The Morgan fingerprint density at radius 1 is 1.31 bits per heavy atom. The number of cyclic esters (lactones) is 1. The number of benzene rings is 1. The smallest absolute Gasteiger partial charge is 0.312 e. The third-order valence-electron chi connectivity index (χ3n) is 6.24. The van der Waals surface area contributed by atoms with E-state index in [0.717, 1.165) is 23.9 Å². The van der Waals surface area contributed by atoms with Gasteiger partial charge in [0.15, 0.2) is 5.76 Å². The number of methoxy groups -OCH3 is 1. The predicted molar refractivity (Wildman–Crippen MR) is 108 cm³/mol. The van der Waals surface area contributed by atoms with E-state index in [-0.39, 0.29) is 18.0 Å². The van der Waals surface area contributed by atoms with E-state index in [1.807, 2.05) is 38.1 Å². The van der Waals surface area contributed by atoms with Gasteiger partial charge >= 0.3 is 5.97 Å². The van der Waals surface area contributed by atoms with E-state index in [2.05, 4.69) is 0 Å². The van der Waals surface area contributed by atoms with Gasteiger partial charge in [-0.15, -0.1) is 0 Å². The van der Waals surface area contributed by atoms with Crippen molar-refractivity contribution in [2.45, 2.75) is 32.3 Å². The number of hydrogen-bond acceptors (Lipinski definition) is 6. The van der Waals surface area contributed by atoms with Gasteiger partial charge < -0.3 is 23.7 Å². The number of amides is 1. The van der Waals surface area contributed by atoms with Gasteiger partial charge in [0.2, 0.25) is 0 Å². The van der Waals surface area contributed by atoms with Crippen molar-refractivity contribution >= 4 is 22.8 Å². The number of likely N-dealkylation sites (N-methyl/N-ethyl adjacent to an activating group) is 1. The standard InChI is InChI=1S/C22H28N2O5/c1-14-17-6-5-15(27-4)11-18(17)29-19(14)20(25)24-9-7-22(8-10-24)12-16(13-23(2)3)28-21(22)26/h5-6,11,16H,7-10,12-13H2,1-4H3. The van der Waals surface area contributed by atoms with E-state index >= 15 is 0 Å². The summed E-state index contributed by atoms with van der Waals surface area (Å²) in [6.45, 7) is 3.69. The van der Waals surface area contributed by atoms with Gasteiger partial charge in [0.1, 0.15) is 17.4 Å². The van der Waals surface area contributed by atoms with Crippen LogP contribution in [-0.4, -0.2) is 68.6 Å². The number of hydrogen-bond donors (Lipinski definition) is 0. The van der Waals surface area contributed by atoms with Gasteiger partial charge in [0.25, 0.3) is 5.91 Å². The molecule has 2 saturated heterocycles. The van der Waals surface area contributed by atoms with Crippen LogP contribution in [-0.2, 0) is 9.53 Å². The lowest BCUT2D eigenvalue weighted by Gasteiger charge is -2.36. The van der Waals surface area contributed by atoms with Gasteiger partial charge in [-0.2, -0.15) is 0 Å². The number of carbonyl (C=O) groups excluding carboxylic acids is 2. The highest BCUT2D eigenvalue weighted by atomic mass is 16.6. The summed E-state index contributed by atoms with van der Waals surface area (Å²) in [6, 6.07) is 5.57. The van der Waals surface area contributed by atoms with Crippen molar-refractivity contribution in [2.24, 2.45) is 5.41 Å². The van der Waals surface area contributed by atoms with Crippen LogP contribution in [0, 0.1) is 12.3 Å². The Bertz CT molecular complexity index is 940. The van der Waals surface area contributed by atoms with E-state index in [1.165, 1.54) is 0 Å². The molecule has 2 aliphatic rings. The molecule has 1 aromatic heterocycles. The Morgan fingerprint density at radius 3 is 2.69 bits per heavy atom. The first kappa shape index (κ1) is 19.8. The van der Waals surface area contributed by atoms with Crippen molar-refractivity contribution in [3.63, 3.8) is 0 Å². The zero-order chi connectivity index (χ0) is 20.8. The fraction of sp³-hybridized carbons (Fsp3) is 0.545. The number of aryl methyl sites for hydroxylation is 1. The van der Waals surface area contributed by atoms with E-state index in [1.54, 1.807) is 18.1 Å². The van der Waals surface area contributed by atoms with Gasteiger partial charge in [-0.05, 0) is 46.0 Å². The SMILES string of the molecule is COc1ccc2c(C)c(C(=O)N3CCC4(CC3)CC(CN(C)C)OC4=O)oc2c1. The number of furan rings is 1. The highest BCUT2D eigenvalue weighted by molar-refractivity contribution is 5.99. The summed E-state index contributed by atoms with van der Waals surface area (Å²) < 4.78 is 16.7. The lowest BCUT2D eigenvalue weighted by molar-refractivity contribution is -0.150. The van der Waals surface area contributed by atoms with Gasteiger partial charge in [-0.25, -0.2) is 0 Å². The number of esters is 1. The topological polar surface area (TPSA) is 72.2 Å². The minimum atomic E-state index is -0.451. The molecule has 7 heteroatoms. The molecule has 0 aliphatic carbocycles. The second-order valence-electron chi connectivity index (χ2n) is 8.48. The first-order chi connectivity index (χ1) is 13.8. The Kier molecular flexibility index (Phi) is 5.02. The van der Waals surface area contributed by atoms with Crippen LogP contribution >= 0.6 is 0 Å². The molecule has 0 radical (unpaired) electrons. The highest BCUT2D eigenvalue weighted by Crippen LogP contribution is 2.43. The molecule has 0 saturated carbocycles. The summed E-state index contributed by atoms with van der Waals surface area (Å²) in [7, 11) is 5.56. The maximum absolute atomic E-state index is 13.1. The number of rotatable bonds is 4. The average molecular weight is 400 g/mol. The first-order valence-corrected chi connectivity index (χ1v) is 10.1. The zero-order valence-corrected chi connectivity index (χ0v) is 17.5. The summed E-state index contributed by atoms with van der Waals surface area (Å²) in [5.74, 6) is 0.827. The third-order valence-corrected chi connectivity index (χ3v) is 6.24. The van der Waals surface area contributed by atoms with Crippen molar-refractivity contribution in [1.82, 2.24) is 9.80 Å². The second-order valence-corrected chi connectivity index (χ2v) is 8.48. The molecule has 4 rings (SSSR count). The molecule has 0 N–H and O–H groups in total. The van der Waals surface area contributed by atoms with Crippen molar-refractivity contribution in [2.75, 3.05) is 40.8 Å². The van der Waals surface area contributed by atoms with E-state index < -0.39 is 5.41 Å². The lowest BCUT2D eigenvalue weighted by Crippen LogP contribution is -2.45. The van der Waals surface area contributed by atoms with Crippen molar-refractivity contribution in [3.05, 3.63) is 29.5 Å². The zero-order valence-electron chi connectivity index (χ0n) is 17.5. The monoisotopic (exact) mass is 400 g/mol.